The first-order chi connectivity index (χ1) is 14.0. The second kappa shape index (κ2) is 6.57. The highest BCUT2D eigenvalue weighted by atomic mass is 35.5. The topological polar surface area (TPSA) is 122 Å². The Morgan fingerprint density at radius 1 is 1.14 bits per heavy atom. The van der Waals surface area contributed by atoms with E-state index >= 15 is 0 Å². The van der Waals surface area contributed by atoms with Crippen molar-refractivity contribution in [3.63, 3.8) is 0 Å². The Labute approximate surface area is 172 Å². The van der Waals surface area contributed by atoms with Gasteiger partial charge in [-0.05, 0) is 46.3 Å². The van der Waals surface area contributed by atoms with Crippen molar-refractivity contribution in [1.29, 1.82) is 0 Å². The number of anilines is 2. The molecule has 4 aromatic rings. The summed E-state index contributed by atoms with van der Waals surface area (Å²) in [4.78, 5) is 12.6. The molecule has 1 aliphatic heterocycles. The maximum atomic E-state index is 12.6. The van der Waals surface area contributed by atoms with Crippen molar-refractivity contribution >= 4 is 34.8 Å². The third-order valence-electron chi connectivity index (χ3n) is 4.64. The predicted molar refractivity (Wildman–Crippen MR) is 107 cm³/mol. The lowest BCUT2D eigenvalue weighted by Crippen LogP contribution is -2.29. The lowest BCUT2D eigenvalue weighted by atomic mass is 9.92. The van der Waals surface area contributed by atoms with E-state index in [4.69, 9.17) is 23.2 Å². The molecule has 1 aliphatic rings. The molecule has 2 aromatic heterocycles. The summed E-state index contributed by atoms with van der Waals surface area (Å²) in [5.74, 6) is 0.358. The Balaban J connectivity index is 1.84. The normalized spacial score (nSPS) is 14.8. The van der Waals surface area contributed by atoms with Crippen LogP contribution < -0.4 is 10.9 Å². The van der Waals surface area contributed by atoms with Gasteiger partial charge in [-0.15, -0.1) is 0 Å². The molecular formula is C18H11Cl2N7O2. The molecule has 0 saturated carbocycles. The highest BCUT2D eigenvalue weighted by molar-refractivity contribution is 6.36. The van der Waals surface area contributed by atoms with Gasteiger partial charge in [0.1, 0.15) is 23.2 Å². The number of H-pyrrole nitrogens is 1. The summed E-state index contributed by atoms with van der Waals surface area (Å²) < 4.78 is 1.52. The number of nitrogens with zero attached hydrogens (tertiary/aromatic N) is 5. The SMILES string of the molecule is O=c1[nH]nc(-c2ccc(Cl)cc2Cl)c2c1Nc1nnnn1[C@H]2c1cccc(O)c1. The summed E-state index contributed by atoms with van der Waals surface area (Å²) in [7, 11) is 0. The fourth-order valence-corrected chi connectivity index (χ4v) is 3.93. The number of benzene rings is 2. The Morgan fingerprint density at radius 2 is 2.00 bits per heavy atom. The number of phenols is 1. The number of aromatic nitrogens is 6. The van der Waals surface area contributed by atoms with Gasteiger partial charge in [0, 0.05) is 16.1 Å². The largest absolute Gasteiger partial charge is 0.508 e. The summed E-state index contributed by atoms with van der Waals surface area (Å²) in [5, 5.41) is 32.3. The fraction of sp³-hybridized carbons (Fsp3) is 0.0556. The third-order valence-corrected chi connectivity index (χ3v) is 5.19. The van der Waals surface area contributed by atoms with Crippen LogP contribution in [0.15, 0.2) is 47.3 Å². The van der Waals surface area contributed by atoms with Crippen LogP contribution >= 0.6 is 23.2 Å². The van der Waals surface area contributed by atoms with Crippen LogP contribution in [0, 0.1) is 0 Å². The maximum Gasteiger partial charge on any atom is 0.288 e. The number of nitrogens with one attached hydrogen (secondary N) is 2. The first-order valence-electron chi connectivity index (χ1n) is 8.45. The van der Waals surface area contributed by atoms with Gasteiger partial charge >= 0.3 is 0 Å². The minimum Gasteiger partial charge on any atom is -0.508 e. The van der Waals surface area contributed by atoms with Crippen molar-refractivity contribution in [1.82, 2.24) is 30.4 Å². The molecule has 11 heteroatoms. The quantitative estimate of drug-likeness (QED) is 0.395. The second-order valence-electron chi connectivity index (χ2n) is 6.38. The fourth-order valence-electron chi connectivity index (χ4n) is 3.43. The zero-order valence-corrected chi connectivity index (χ0v) is 16.0. The van der Waals surface area contributed by atoms with Gasteiger partial charge in [0.25, 0.3) is 5.56 Å². The Hall–Kier alpha value is -3.43. The van der Waals surface area contributed by atoms with E-state index in [-0.39, 0.29) is 17.4 Å². The van der Waals surface area contributed by atoms with Crippen molar-refractivity contribution < 1.29 is 5.11 Å². The summed E-state index contributed by atoms with van der Waals surface area (Å²) in [6.45, 7) is 0. The monoisotopic (exact) mass is 427 g/mol. The van der Waals surface area contributed by atoms with Crippen LogP contribution in [-0.4, -0.2) is 35.5 Å². The zero-order valence-electron chi connectivity index (χ0n) is 14.5. The number of halogens is 2. The van der Waals surface area contributed by atoms with Crippen molar-refractivity contribution in [2.24, 2.45) is 0 Å². The average Bonchev–Trinajstić information content (AvgIpc) is 3.16. The molecule has 0 bridgehead atoms. The molecule has 0 unspecified atom stereocenters. The molecule has 5 rings (SSSR count). The first-order valence-corrected chi connectivity index (χ1v) is 9.20. The van der Waals surface area contributed by atoms with Crippen LogP contribution in [0.2, 0.25) is 10.0 Å². The van der Waals surface area contributed by atoms with Gasteiger partial charge in [0.15, 0.2) is 0 Å². The number of hydrogen-bond acceptors (Lipinski definition) is 7. The van der Waals surface area contributed by atoms with Crippen molar-refractivity contribution in [3.8, 4) is 17.0 Å². The second-order valence-corrected chi connectivity index (χ2v) is 7.23. The highest BCUT2D eigenvalue weighted by Gasteiger charge is 2.34. The smallest absolute Gasteiger partial charge is 0.288 e. The number of phenolic OH excluding ortho intramolecular Hbond substituents is 1. The van der Waals surface area contributed by atoms with E-state index < -0.39 is 11.6 Å². The highest BCUT2D eigenvalue weighted by Crippen LogP contribution is 2.43. The van der Waals surface area contributed by atoms with Crippen molar-refractivity contribution in [2.75, 3.05) is 5.32 Å². The van der Waals surface area contributed by atoms with Crippen LogP contribution in [0.5, 0.6) is 5.75 Å². The van der Waals surface area contributed by atoms with Crippen molar-refractivity contribution in [3.05, 3.63) is 74.0 Å². The number of aromatic amines is 1. The molecular weight excluding hydrogens is 417 g/mol. The maximum absolute atomic E-state index is 12.6. The summed E-state index contributed by atoms with van der Waals surface area (Å²) in [5.41, 5.74) is 2.00. The zero-order chi connectivity index (χ0) is 20.1. The Morgan fingerprint density at radius 3 is 2.79 bits per heavy atom. The molecule has 0 aliphatic carbocycles. The lowest BCUT2D eigenvalue weighted by molar-refractivity contribution is 0.472. The van der Waals surface area contributed by atoms with Gasteiger partial charge in [0.05, 0.1) is 5.02 Å². The molecule has 0 saturated heterocycles. The van der Waals surface area contributed by atoms with E-state index in [0.29, 0.717) is 32.4 Å². The summed E-state index contributed by atoms with van der Waals surface area (Å²) in [6, 6.07) is 11.0. The van der Waals surface area contributed by atoms with Crippen molar-refractivity contribution in [2.45, 2.75) is 6.04 Å². The molecule has 2 aromatic carbocycles. The number of aromatic hydroxyl groups is 1. The molecule has 9 nitrogen and oxygen atoms in total. The van der Waals surface area contributed by atoms with Crippen LogP contribution in [0.4, 0.5) is 11.6 Å². The molecule has 3 heterocycles. The number of rotatable bonds is 2. The number of fused-ring (bicyclic) bond motifs is 2. The lowest BCUT2D eigenvalue weighted by Gasteiger charge is -2.28. The number of hydrogen-bond donors (Lipinski definition) is 3. The van der Waals surface area contributed by atoms with Gasteiger partial charge in [0.2, 0.25) is 5.95 Å². The van der Waals surface area contributed by atoms with Gasteiger partial charge in [-0.2, -0.15) is 9.78 Å². The first kappa shape index (κ1) is 17.7. The Bertz CT molecular complexity index is 1320. The molecule has 0 fully saturated rings. The van der Waals surface area contributed by atoms with Crippen LogP contribution in [0.25, 0.3) is 11.3 Å². The van der Waals surface area contributed by atoms with E-state index in [1.807, 2.05) is 0 Å². The predicted octanol–water partition coefficient (Wildman–Crippen LogP) is 3.13. The van der Waals surface area contributed by atoms with Gasteiger partial charge in [-0.1, -0.05) is 40.4 Å². The summed E-state index contributed by atoms with van der Waals surface area (Å²) >= 11 is 12.5. The van der Waals surface area contributed by atoms with Crippen LogP contribution in [-0.2, 0) is 0 Å². The molecule has 0 spiro atoms. The van der Waals surface area contributed by atoms with E-state index in [9.17, 15) is 9.90 Å². The van der Waals surface area contributed by atoms with Crippen LogP contribution in [0.1, 0.15) is 17.2 Å². The van der Waals surface area contributed by atoms with Gasteiger partial charge in [-0.25, -0.2) is 5.10 Å². The van der Waals surface area contributed by atoms with Crippen LogP contribution in [0.3, 0.4) is 0 Å². The number of tetrazole rings is 1. The van der Waals surface area contributed by atoms with E-state index in [1.165, 1.54) is 4.68 Å². The van der Waals surface area contributed by atoms with E-state index in [0.717, 1.165) is 0 Å². The summed E-state index contributed by atoms with van der Waals surface area (Å²) in [6.07, 6.45) is 0. The van der Waals surface area contributed by atoms with Gasteiger partial charge in [-0.3, -0.25) is 4.79 Å². The Kier molecular flexibility index (Phi) is 4.00. The molecule has 0 amide bonds. The molecule has 144 valence electrons. The van der Waals surface area contributed by atoms with E-state index in [1.54, 1.807) is 42.5 Å². The van der Waals surface area contributed by atoms with Gasteiger partial charge < -0.3 is 10.4 Å². The minimum atomic E-state index is -0.625. The third kappa shape index (κ3) is 2.82. The standard InChI is InChI=1S/C18H11Cl2N7O2/c19-9-4-5-11(12(20)7-9)14-13-15(17(29)23-22-14)21-18-24-25-26-27(18)16(13)8-2-1-3-10(28)6-8/h1-7,16,28H,(H,23,29)(H,21,24,26)/t16-/m0/s1. The minimum absolute atomic E-state index is 0.0704. The average molecular weight is 428 g/mol. The molecule has 29 heavy (non-hydrogen) atoms. The van der Waals surface area contributed by atoms with E-state index in [2.05, 4.69) is 31.0 Å². The molecule has 1 atom stereocenters. The molecule has 3 N–H and O–H groups in total. The molecule has 0 radical (unpaired) electrons.